The van der Waals surface area contributed by atoms with Gasteiger partial charge in [-0.05, 0) is 18.2 Å². The van der Waals surface area contributed by atoms with E-state index in [0.717, 1.165) is 6.07 Å². The van der Waals surface area contributed by atoms with Gasteiger partial charge in [0.15, 0.2) is 12.3 Å². The molecule has 1 aromatic carbocycles. The molecule has 0 aliphatic carbocycles. The van der Waals surface area contributed by atoms with Crippen molar-refractivity contribution >= 4 is 75.6 Å². The molecular weight excluding hydrogens is 440 g/mol. The van der Waals surface area contributed by atoms with Crippen LogP contribution in [0.4, 0.5) is 10.1 Å². The van der Waals surface area contributed by atoms with Crippen LogP contribution in [0.25, 0.3) is 0 Å². The Morgan fingerprint density at radius 1 is 1.08 bits per heavy atom. The van der Waals surface area contributed by atoms with Crippen molar-refractivity contribution < 1.29 is 18.7 Å². The Hall–Kier alpha value is -1.31. The largest absolute Gasteiger partial charge is 0.451 e. The van der Waals surface area contributed by atoms with Gasteiger partial charge >= 0.3 is 5.97 Å². The third kappa shape index (κ3) is 4.86. The number of rotatable bonds is 4. The lowest BCUT2D eigenvalue weighted by Crippen LogP contribution is -2.21. The second kappa shape index (κ2) is 8.38. The summed E-state index contributed by atoms with van der Waals surface area (Å²) in [5.41, 5.74) is -0.167. The molecule has 132 valence electrons. The minimum Gasteiger partial charge on any atom is -0.451 e. The van der Waals surface area contributed by atoms with Gasteiger partial charge in [0.2, 0.25) is 0 Å². The summed E-state index contributed by atoms with van der Waals surface area (Å²) in [4.78, 5) is 27.4. The summed E-state index contributed by atoms with van der Waals surface area (Å²) >= 11 is 28.7. The lowest BCUT2D eigenvalue weighted by atomic mass is 10.3. The Morgan fingerprint density at radius 3 is 2.40 bits per heavy atom. The Bertz CT molecular complexity index is 863. The topological polar surface area (TPSA) is 68.3 Å². The fourth-order valence-electron chi connectivity index (χ4n) is 1.59. The Morgan fingerprint density at radius 2 is 1.76 bits per heavy atom. The van der Waals surface area contributed by atoms with Crippen molar-refractivity contribution in [2.75, 3.05) is 11.9 Å². The fraction of sp³-hybridized carbons (Fsp3) is 0.0714. The van der Waals surface area contributed by atoms with Crippen molar-refractivity contribution in [1.82, 2.24) is 4.98 Å². The van der Waals surface area contributed by atoms with Gasteiger partial charge in [0.25, 0.3) is 5.91 Å². The molecule has 0 aliphatic rings. The van der Waals surface area contributed by atoms with E-state index in [1.54, 1.807) is 0 Å². The Labute approximate surface area is 165 Å². The zero-order chi connectivity index (χ0) is 18.7. The van der Waals surface area contributed by atoms with Gasteiger partial charge in [0.1, 0.15) is 11.0 Å². The average molecular weight is 446 g/mol. The van der Waals surface area contributed by atoms with Gasteiger partial charge in [-0.3, -0.25) is 4.79 Å². The normalized spacial score (nSPS) is 10.5. The second-order valence-electron chi connectivity index (χ2n) is 4.45. The van der Waals surface area contributed by atoms with Crippen LogP contribution in [-0.4, -0.2) is 23.5 Å². The van der Waals surface area contributed by atoms with Crippen LogP contribution in [-0.2, 0) is 9.53 Å². The van der Waals surface area contributed by atoms with Crippen LogP contribution in [0.3, 0.4) is 0 Å². The first-order chi connectivity index (χ1) is 11.7. The lowest BCUT2D eigenvalue weighted by Gasteiger charge is -2.09. The van der Waals surface area contributed by atoms with E-state index in [4.69, 9.17) is 62.7 Å². The van der Waals surface area contributed by atoms with Gasteiger partial charge in [-0.15, -0.1) is 0 Å². The van der Waals surface area contributed by atoms with Crippen molar-refractivity contribution in [2.24, 2.45) is 0 Å². The summed E-state index contributed by atoms with van der Waals surface area (Å²) in [5, 5.41) is 1.42. The van der Waals surface area contributed by atoms with Crippen LogP contribution < -0.4 is 5.32 Å². The van der Waals surface area contributed by atoms with E-state index < -0.39 is 30.0 Å². The van der Waals surface area contributed by atoms with Crippen molar-refractivity contribution in [2.45, 2.75) is 0 Å². The molecule has 0 radical (unpaired) electrons. The molecule has 25 heavy (non-hydrogen) atoms. The van der Waals surface area contributed by atoms with E-state index in [-0.39, 0.29) is 30.9 Å². The quantitative estimate of drug-likeness (QED) is 0.512. The predicted octanol–water partition coefficient (Wildman–Crippen LogP) is 5.28. The van der Waals surface area contributed by atoms with E-state index >= 15 is 0 Å². The average Bonchev–Trinajstić information content (AvgIpc) is 2.57. The molecule has 1 N–H and O–H groups in total. The Balaban J connectivity index is 2.02. The molecule has 0 saturated carbocycles. The van der Waals surface area contributed by atoms with Crippen molar-refractivity contribution in [3.8, 4) is 0 Å². The SMILES string of the molecule is O=C(COC(=O)c1nc(Cl)c(Cl)c(Cl)c1Cl)Nc1ccc(F)c(Cl)c1. The summed E-state index contributed by atoms with van der Waals surface area (Å²) in [5.74, 6) is -2.36. The summed E-state index contributed by atoms with van der Waals surface area (Å²) in [6.07, 6.45) is 0. The Kier molecular flexibility index (Phi) is 6.71. The minimum atomic E-state index is -1.03. The van der Waals surface area contributed by atoms with Crippen LogP contribution in [0.2, 0.25) is 25.2 Å². The number of hydrogen-bond donors (Lipinski definition) is 1. The number of carbonyl (C=O) groups is 2. The summed E-state index contributed by atoms with van der Waals surface area (Å²) < 4.78 is 17.8. The molecule has 5 nitrogen and oxygen atoms in total. The fourth-order valence-corrected chi connectivity index (χ4v) is 2.58. The van der Waals surface area contributed by atoms with Crippen LogP contribution in [0.5, 0.6) is 0 Å². The van der Waals surface area contributed by atoms with Crippen LogP contribution in [0.1, 0.15) is 10.5 Å². The molecule has 0 atom stereocenters. The highest BCUT2D eigenvalue weighted by Crippen LogP contribution is 2.36. The molecule has 0 unspecified atom stereocenters. The maximum absolute atomic E-state index is 13.0. The highest BCUT2D eigenvalue weighted by Gasteiger charge is 2.22. The molecule has 2 aromatic rings. The number of ether oxygens (including phenoxy) is 1. The maximum atomic E-state index is 13.0. The van der Waals surface area contributed by atoms with Gasteiger partial charge in [0.05, 0.1) is 20.1 Å². The number of benzene rings is 1. The van der Waals surface area contributed by atoms with E-state index in [2.05, 4.69) is 10.3 Å². The van der Waals surface area contributed by atoms with E-state index in [1.807, 2.05) is 0 Å². The summed E-state index contributed by atoms with van der Waals surface area (Å²) in [6.45, 7) is -0.663. The molecule has 0 spiro atoms. The van der Waals surface area contributed by atoms with E-state index in [1.165, 1.54) is 12.1 Å². The van der Waals surface area contributed by atoms with Crippen molar-refractivity contribution in [3.05, 3.63) is 55.0 Å². The van der Waals surface area contributed by atoms with Gasteiger partial charge < -0.3 is 10.1 Å². The number of carbonyl (C=O) groups excluding carboxylic acids is 2. The molecule has 0 saturated heterocycles. The van der Waals surface area contributed by atoms with Gasteiger partial charge in [-0.25, -0.2) is 14.2 Å². The lowest BCUT2D eigenvalue weighted by molar-refractivity contribution is -0.119. The minimum absolute atomic E-state index is 0.115. The maximum Gasteiger partial charge on any atom is 0.359 e. The van der Waals surface area contributed by atoms with Gasteiger partial charge in [0, 0.05) is 5.69 Å². The highest BCUT2D eigenvalue weighted by molar-refractivity contribution is 6.52. The number of amides is 1. The monoisotopic (exact) mass is 444 g/mol. The van der Waals surface area contributed by atoms with Crippen molar-refractivity contribution in [3.63, 3.8) is 0 Å². The number of nitrogens with one attached hydrogen (secondary N) is 1. The predicted molar refractivity (Wildman–Crippen MR) is 94.6 cm³/mol. The molecule has 0 bridgehead atoms. The van der Waals surface area contributed by atoms with Crippen LogP contribution in [0.15, 0.2) is 18.2 Å². The number of anilines is 1. The number of nitrogens with zero attached hydrogens (tertiary/aromatic N) is 1. The molecule has 1 amide bonds. The molecule has 11 heteroatoms. The van der Waals surface area contributed by atoms with Gasteiger partial charge in [-0.1, -0.05) is 58.0 Å². The number of aromatic nitrogens is 1. The van der Waals surface area contributed by atoms with Crippen molar-refractivity contribution in [1.29, 1.82) is 0 Å². The second-order valence-corrected chi connectivity index (χ2v) is 6.35. The molecule has 0 fully saturated rings. The first-order valence-electron chi connectivity index (χ1n) is 6.32. The van der Waals surface area contributed by atoms with Gasteiger partial charge in [-0.2, -0.15) is 0 Å². The zero-order valence-electron chi connectivity index (χ0n) is 11.9. The third-order valence-electron chi connectivity index (χ3n) is 2.72. The zero-order valence-corrected chi connectivity index (χ0v) is 15.7. The summed E-state index contributed by atoms with van der Waals surface area (Å²) in [6, 6.07) is 3.57. The standard InChI is InChI=1S/C14H6Cl5FN2O3/c15-6-3-5(1-2-7(6)20)21-8(23)4-25-14(24)12-10(17)9(16)11(18)13(19)22-12/h1-3H,4H2,(H,21,23). The number of hydrogen-bond acceptors (Lipinski definition) is 4. The van der Waals surface area contributed by atoms with E-state index in [9.17, 15) is 14.0 Å². The van der Waals surface area contributed by atoms with E-state index in [0.29, 0.717) is 0 Å². The molecule has 1 aromatic heterocycles. The number of esters is 1. The summed E-state index contributed by atoms with van der Waals surface area (Å²) in [7, 11) is 0. The number of halogens is 6. The molecule has 1 heterocycles. The molecule has 2 rings (SSSR count). The highest BCUT2D eigenvalue weighted by atomic mass is 35.5. The molecular formula is C14H6Cl5FN2O3. The van der Waals surface area contributed by atoms with Crippen LogP contribution in [0, 0.1) is 5.82 Å². The first-order valence-corrected chi connectivity index (χ1v) is 8.21. The third-order valence-corrected chi connectivity index (χ3v) is 4.68. The number of pyridine rings is 1. The smallest absolute Gasteiger partial charge is 0.359 e. The first kappa shape index (κ1) is 20.0. The van der Waals surface area contributed by atoms with Crippen LogP contribution >= 0.6 is 58.0 Å². The molecule has 0 aliphatic heterocycles.